The second kappa shape index (κ2) is 6.66. The molecule has 0 N–H and O–H groups in total. The molecule has 7 fully saturated rings. The Morgan fingerprint density at radius 3 is 1.84 bits per heavy atom. The lowest BCUT2D eigenvalue weighted by molar-refractivity contribution is -0.189. The Morgan fingerprint density at radius 1 is 0.719 bits per heavy atom. The number of allylic oxidation sites excluding steroid dienone is 2. The molecule has 2 nitrogen and oxygen atoms in total. The van der Waals surface area contributed by atoms with E-state index in [9.17, 15) is 4.79 Å². The van der Waals surface area contributed by atoms with E-state index in [1.807, 2.05) is 0 Å². The van der Waals surface area contributed by atoms with E-state index in [-0.39, 0.29) is 17.5 Å². The van der Waals surface area contributed by atoms with Gasteiger partial charge in [0, 0.05) is 11.8 Å². The van der Waals surface area contributed by atoms with Crippen molar-refractivity contribution in [1.82, 2.24) is 0 Å². The summed E-state index contributed by atoms with van der Waals surface area (Å²) >= 11 is 0. The van der Waals surface area contributed by atoms with Crippen molar-refractivity contribution in [3.05, 3.63) is 12.2 Å². The molecule has 0 aromatic carbocycles. The molecule has 8 rings (SSSR count). The van der Waals surface area contributed by atoms with Gasteiger partial charge in [-0.1, -0.05) is 25.0 Å². The van der Waals surface area contributed by atoms with E-state index in [2.05, 4.69) is 19.1 Å². The van der Waals surface area contributed by atoms with Gasteiger partial charge in [-0.3, -0.25) is 4.79 Å². The molecular weight excluding hydrogens is 392 g/mol. The maximum Gasteiger partial charge on any atom is 0.310 e. The Bertz CT molecular complexity index is 802. The van der Waals surface area contributed by atoms with E-state index in [1.165, 1.54) is 70.6 Å². The second-order valence-corrected chi connectivity index (χ2v) is 14.0. The molecule has 32 heavy (non-hydrogen) atoms. The van der Waals surface area contributed by atoms with Gasteiger partial charge in [-0.15, -0.1) is 0 Å². The first kappa shape index (κ1) is 19.5. The predicted molar refractivity (Wildman–Crippen MR) is 124 cm³/mol. The van der Waals surface area contributed by atoms with E-state index in [4.69, 9.17) is 4.74 Å². The second-order valence-electron chi connectivity index (χ2n) is 14.0. The van der Waals surface area contributed by atoms with Gasteiger partial charge in [-0.25, -0.2) is 0 Å². The van der Waals surface area contributed by atoms with Crippen LogP contribution < -0.4 is 0 Å². The Kier molecular flexibility index (Phi) is 4.06. The van der Waals surface area contributed by atoms with Crippen LogP contribution in [0.25, 0.3) is 0 Å². The molecule has 0 spiro atoms. The van der Waals surface area contributed by atoms with Gasteiger partial charge in [0.2, 0.25) is 0 Å². The Hall–Kier alpha value is -0.790. The average Bonchev–Trinajstić information content (AvgIpc) is 3.64. The lowest BCUT2D eigenvalue weighted by Gasteiger charge is -2.50. The van der Waals surface area contributed by atoms with Gasteiger partial charge in [-0.05, 0) is 130 Å². The molecule has 0 aliphatic heterocycles. The summed E-state index contributed by atoms with van der Waals surface area (Å²) < 4.78 is 6.97. The molecule has 8 aliphatic carbocycles. The molecule has 7 saturated carbocycles. The summed E-state index contributed by atoms with van der Waals surface area (Å²) in [6.07, 6.45) is 21.4. The van der Waals surface area contributed by atoms with Crippen molar-refractivity contribution in [1.29, 1.82) is 0 Å². The van der Waals surface area contributed by atoms with E-state index >= 15 is 0 Å². The Morgan fingerprint density at radius 2 is 1.31 bits per heavy atom. The molecule has 0 heterocycles. The van der Waals surface area contributed by atoms with E-state index in [0.717, 1.165) is 53.8 Å². The molecule has 0 aromatic heterocycles. The zero-order valence-corrected chi connectivity index (χ0v) is 20.0. The molecular formula is C30H42O2. The van der Waals surface area contributed by atoms with Crippen molar-refractivity contribution in [3.8, 4) is 0 Å². The summed E-state index contributed by atoms with van der Waals surface area (Å²) in [5.41, 5.74) is -0.192. The number of hydrogen-bond acceptors (Lipinski definition) is 2. The summed E-state index contributed by atoms with van der Waals surface area (Å²) in [7, 11) is 0. The molecule has 8 aliphatic rings. The normalized spacial score (nSPS) is 57.8. The van der Waals surface area contributed by atoms with Gasteiger partial charge in [-0.2, -0.15) is 0 Å². The van der Waals surface area contributed by atoms with Gasteiger partial charge in [0.15, 0.2) is 0 Å². The third-order valence-electron chi connectivity index (χ3n) is 13.2. The van der Waals surface area contributed by atoms with Crippen molar-refractivity contribution >= 4 is 5.97 Å². The minimum Gasteiger partial charge on any atom is -0.459 e. The highest BCUT2D eigenvalue weighted by molar-refractivity contribution is 5.74. The monoisotopic (exact) mass is 434 g/mol. The first-order valence-electron chi connectivity index (χ1n) is 14.5. The SMILES string of the molecule is CC(OC(=O)C1CC2C=CC1C2)(C1CC2CC1C1CCCC21)C1CC2CC1C1CCCC21. The Balaban J connectivity index is 1.12. The quantitative estimate of drug-likeness (QED) is 0.366. The highest BCUT2D eigenvalue weighted by Gasteiger charge is 2.66. The summed E-state index contributed by atoms with van der Waals surface area (Å²) in [6.45, 7) is 2.47. The Labute approximate surface area is 194 Å². The van der Waals surface area contributed by atoms with Crippen LogP contribution in [-0.4, -0.2) is 11.6 Å². The highest BCUT2D eigenvalue weighted by atomic mass is 16.6. The van der Waals surface area contributed by atoms with Crippen molar-refractivity contribution in [2.75, 3.05) is 0 Å². The van der Waals surface area contributed by atoms with Gasteiger partial charge in [0.05, 0.1) is 5.92 Å². The van der Waals surface area contributed by atoms with Crippen LogP contribution in [0.3, 0.4) is 0 Å². The third-order valence-corrected chi connectivity index (χ3v) is 13.2. The van der Waals surface area contributed by atoms with E-state index in [1.54, 1.807) is 0 Å². The van der Waals surface area contributed by atoms with Crippen LogP contribution in [0.2, 0.25) is 0 Å². The van der Waals surface area contributed by atoms with Gasteiger partial charge in [0.25, 0.3) is 0 Å². The molecule has 0 aromatic rings. The fourth-order valence-corrected chi connectivity index (χ4v) is 12.2. The van der Waals surface area contributed by atoms with Crippen LogP contribution in [0.15, 0.2) is 12.2 Å². The fourth-order valence-electron chi connectivity index (χ4n) is 12.2. The average molecular weight is 435 g/mol. The number of carbonyl (C=O) groups excluding carboxylic acids is 1. The van der Waals surface area contributed by atoms with E-state index in [0.29, 0.717) is 23.7 Å². The summed E-state index contributed by atoms with van der Waals surface area (Å²) in [4.78, 5) is 13.8. The van der Waals surface area contributed by atoms with Crippen LogP contribution in [-0.2, 0) is 9.53 Å². The molecule has 174 valence electrons. The largest absolute Gasteiger partial charge is 0.459 e. The van der Waals surface area contributed by atoms with Crippen LogP contribution in [0.1, 0.15) is 84.0 Å². The molecule has 13 unspecified atom stereocenters. The molecule has 0 radical (unpaired) electrons. The minimum atomic E-state index is -0.192. The molecule has 13 atom stereocenters. The lowest BCUT2D eigenvalue weighted by Crippen LogP contribution is -2.53. The highest BCUT2D eigenvalue weighted by Crippen LogP contribution is 2.69. The number of carbonyl (C=O) groups is 1. The summed E-state index contributed by atoms with van der Waals surface area (Å²) in [5.74, 6) is 10.3. The third kappa shape index (κ3) is 2.46. The van der Waals surface area contributed by atoms with Crippen molar-refractivity contribution < 1.29 is 9.53 Å². The van der Waals surface area contributed by atoms with Gasteiger partial charge >= 0.3 is 5.97 Å². The summed E-state index contributed by atoms with van der Waals surface area (Å²) in [5, 5.41) is 0. The van der Waals surface area contributed by atoms with Gasteiger partial charge in [0.1, 0.15) is 5.60 Å². The zero-order valence-electron chi connectivity index (χ0n) is 20.0. The predicted octanol–water partition coefficient (Wildman–Crippen LogP) is 6.65. The number of esters is 1. The first-order valence-corrected chi connectivity index (χ1v) is 14.5. The molecule has 0 saturated heterocycles. The summed E-state index contributed by atoms with van der Waals surface area (Å²) in [6, 6.07) is 0. The van der Waals surface area contributed by atoms with Crippen molar-refractivity contribution in [2.45, 2.75) is 89.6 Å². The molecule has 6 bridgehead atoms. The topological polar surface area (TPSA) is 26.3 Å². The molecule has 0 amide bonds. The van der Waals surface area contributed by atoms with Crippen LogP contribution >= 0.6 is 0 Å². The van der Waals surface area contributed by atoms with Crippen LogP contribution in [0, 0.1) is 76.9 Å². The maximum atomic E-state index is 13.8. The lowest BCUT2D eigenvalue weighted by atomic mass is 9.60. The minimum absolute atomic E-state index is 0.153. The number of hydrogen-bond donors (Lipinski definition) is 0. The van der Waals surface area contributed by atoms with Crippen molar-refractivity contribution in [2.24, 2.45) is 76.9 Å². The van der Waals surface area contributed by atoms with Crippen LogP contribution in [0.5, 0.6) is 0 Å². The number of rotatable bonds is 4. The number of ether oxygens (including phenoxy) is 1. The van der Waals surface area contributed by atoms with Crippen molar-refractivity contribution in [3.63, 3.8) is 0 Å². The fraction of sp³-hybridized carbons (Fsp3) is 0.900. The van der Waals surface area contributed by atoms with Crippen LogP contribution in [0.4, 0.5) is 0 Å². The first-order chi connectivity index (χ1) is 15.6. The van der Waals surface area contributed by atoms with E-state index < -0.39 is 0 Å². The van der Waals surface area contributed by atoms with Gasteiger partial charge < -0.3 is 4.74 Å². The standard InChI is InChI=1S/C30H42O2/c1-30(32-29(31)24-11-16-8-9-17(24)10-16,27-14-18-12-25(27)22-6-2-4-20(18)22)28-15-19-13-26(28)23-7-3-5-21(19)23/h8-9,16-28H,2-7,10-15H2,1H3. The smallest absolute Gasteiger partial charge is 0.310 e. The maximum absolute atomic E-state index is 13.8. The zero-order chi connectivity index (χ0) is 21.2. The number of fused-ring (bicyclic) bond motifs is 12. The molecule has 2 heteroatoms.